The quantitative estimate of drug-likeness (QED) is 0.235. The largest absolute Gasteiger partial charge is 0.384 e. The van der Waals surface area contributed by atoms with Gasteiger partial charge in [-0.3, -0.25) is 4.98 Å². The molecule has 0 radical (unpaired) electrons. The third-order valence-corrected chi connectivity index (χ3v) is 7.71. The van der Waals surface area contributed by atoms with Gasteiger partial charge in [0.05, 0.1) is 35.0 Å². The fourth-order valence-corrected chi connectivity index (χ4v) is 5.59. The molecule has 9 heteroatoms. The topological polar surface area (TPSA) is 103 Å². The number of hydrogen-bond acceptors (Lipinski definition) is 7. The molecule has 1 aliphatic carbocycles. The Morgan fingerprint density at radius 3 is 2.87 bits per heavy atom. The van der Waals surface area contributed by atoms with Crippen LogP contribution < -0.4 is 16.0 Å². The van der Waals surface area contributed by atoms with Gasteiger partial charge in [0.25, 0.3) is 0 Å². The average molecular weight is 572 g/mol. The van der Waals surface area contributed by atoms with E-state index < -0.39 is 0 Å². The number of pyridine rings is 1. The number of nitrogens with zero attached hydrogens (tertiary/aromatic N) is 5. The number of benzene rings is 2. The highest BCUT2D eigenvalue weighted by molar-refractivity contribution is 9.10. The first kappa shape index (κ1) is 24.7. The van der Waals surface area contributed by atoms with Crippen molar-refractivity contribution in [3.8, 4) is 6.07 Å². The van der Waals surface area contributed by atoms with Crippen molar-refractivity contribution in [1.29, 1.82) is 5.26 Å². The van der Waals surface area contributed by atoms with Gasteiger partial charge < -0.3 is 16.0 Å². The summed E-state index contributed by atoms with van der Waals surface area (Å²) < 4.78 is 2.86. The number of fused-ring (bicyclic) bond motifs is 2. The smallest absolute Gasteiger partial charge is 0.109 e. The van der Waals surface area contributed by atoms with Crippen molar-refractivity contribution in [2.45, 2.75) is 52.1 Å². The molecule has 2 aromatic heterocycles. The fourth-order valence-electron chi connectivity index (χ4n) is 5.03. The highest BCUT2D eigenvalue weighted by atomic mass is 79.9. The summed E-state index contributed by atoms with van der Waals surface area (Å²) in [5.74, 6) is 0. The van der Waals surface area contributed by atoms with E-state index in [1.54, 1.807) is 6.20 Å². The maximum atomic E-state index is 9.85. The van der Waals surface area contributed by atoms with Crippen LogP contribution in [0.4, 0.5) is 17.1 Å². The van der Waals surface area contributed by atoms with E-state index in [4.69, 9.17) is 0 Å². The number of rotatable bonds is 7. The second-order valence-electron chi connectivity index (χ2n) is 11.4. The average Bonchev–Trinajstić information content (AvgIpc) is 3.41. The van der Waals surface area contributed by atoms with Gasteiger partial charge in [-0.2, -0.15) is 5.26 Å². The van der Waals surface area contributed by atoms with Gasteiger partial charge in [-0.15, -0.1) is 5.10 Å². The lowest BCUT2D eigenvalue weighted by Gasteiger charge is -2.23. The molecule has 0 unspecified atom stereocenters. The van der Waals surface area contributed by atoms with Crippen molar-refractivity contribution in [1.82, 2.24) is 20.0 Å². The first-order chi connectivity index (χ1) is 18.3. The zero-order valence-corrected chi connectivity index (χ0v) is 23.4. The lowest BCUT2D eigenvalue weighted by molar-refractivity contribution is 0.443. The number of nitriles is 1. The van der Waals surface area contributed by atoms with Crippen LogP contribution in [0.25, 0.3) is 10.9 Å². The summed E-state index contributed by atoms with van der Waals surface area (Å²) in [7, 11) is 0. The molecule has 194 valence electrons. The molecule has 1 atom stereocenters. The van der Waals surface area contributed by atoms with Crippen LogP contribution >= 0.6 is 15.9 Å². The molecule has 1 aliphatic heterocycles. The van der Waals surface area contributed by atoms with E-state index in [1.165, 1.54) is 16.8 Å². The van der Waals surface area contributed by atoms with Gasteiger partial charge in [0.1, 0.15) is 11.8 Å². The first-order valence-corrected chi connectivity index (χ1v) is 13.9. The number of halogens is 1. The van der Waals surface area contributed by atoms with E-state index in [0.29, 0.717) is 11.6 Å². The molecule has 0 amide bonds. The van der Waals surface area contributed by atoms with E-state index in [1.807, 2.05) is 4.68 Å². The zero-order valence-electron chi connectivity index (χ0n) is 21.8. The Kier molecular flexibility index (Phi) is 6.23. The molecule has 0 saturated heterocycles. The van der Waals surface area contributed by atoms with Crippen LogP contribution in [0.15, 0.2) is 47.2 Å². The summed E-state index contributed by atoms with van der Waals surface area (Å²) in [5.41, 5.74) is 7.69. The molecule has 0 bridgehead atoms. The molecular weight excluding hydrogens is 540 g/mol. The van der Waals surface area contributed by atoms with Gasteiger partial charge in [-0.1, -0.05) is 38.1 Å². The van der Waals surface area contributed by atoms with Crippen LogP contribution in [0, 0.1) is 16.7 Å². The molecule has 6 rings (SSSR count). The number of aromatic nitrogens is 4. The summed E-state index contributed by atoms with van der Waals surface area (Å²) in [6.45, 7) is 8.17. The van der Waals surface area contributed by atoms with Crippen LogP contribution in [0.5, 0.6) is 0 Å². The van der Waals surface area contributed by atoms with Crippen molar-refractivity contribution in [3.63, 3.8) is 0 Å². The van der Waals surface area contributed by atoms with Crippen LogP contribution in [0.3, 0.4) is 0 Å². The lowest BCUT2D eigenvalue weighted by atomic mass is 9.95. The molecule has 2 aliphatic rings. The Morgan fingerprint density at radius 1 is 1.26 bits per heavy atom. The molecule has 0 spiro atoms. The Balaban J connectivity index is 1.45. The maximum Gasteiger partial charge on any atom is 0.109 e. The molecule has 3 N–H and O–H groups in total. The van der Waals surface area contributed by atoms with Crippen LogP contribution in [0.1, 0.15) is 68.1 Å². The Morgan fingerprint density at radius 2 is 2.11 bits per heavy atom. The minimum Gasteiger partial charge on any atom is -0.384 e. The zero-order chi connectivity index (χ0) is 26.4. The van der Waals surface area contributed by atoms with Crippen molar-refractivity contribution in [2.75, 3.05) is 29.0 Å². The second-order valence-corrected chi connectivity index (χ2v) is 12.3. The number of nitrogens with one attached hydrogen (secondary N) is 3. The van der Waals surface area contributed by atoms with E-state index in [9.17, 15) is 5.26 Å². The first-order valence-electron chi connectivity index (χ1n) is 13.1. The summed E-state index contributed by atoms with van der Waals surface area (Å²) in [6, 6.07) is 13.1. The van der Waals surface area contributed by atoms with Crippen molar-refractivity contribution in [3.05, 3.63) is 69.6 Å². The van der Waals surface area contributed by atoms with E-state index in [-0.39, 0.29) is 11.5 Å². The monoisotopic (exact) mass is 570 g/mol. The van der Waals surface area contributed by atoms with Crippen molar-refractivity contribution < 1.29 is 0 Å². The van der Waals surface area contributed by atoms with Crippen molar-refractivity contribution >= 4 is 43.9 Å². The lowest BCUT2D eigenvalue weighted by Crippen LogP contribution is -2.20. The minimum absolute atomic E-state index is 0.0512. The maximum absolute atomic E-state index is 9.85. The van der Waals surface area contributed by atoms with Gasteiger partial charge in [0.15, 0.2) is 0 Å². The highest BCUT2D eigenvalue weighted by Crippen LogP contribution is 2.39. The van der Waals surface area contributed by atoms with E-state index >= 15 is 0 Å². The van der Waals surface area contributed by atoms with Crippen LogP contribution in [0.2, 0.25) is 0 Å². The van der Waals surface area contributed by atoms with Gasteiger partial charge in [0, 0.05) is 40.5 Å². The summed E-state index contributed by atoms with van der Waals surface area (Å²) in [4.78, 5) is 4.60. The molecule has 4 aromatic rings. The van der Waals surface area contributed by atoms with Crippen LogP contribution in [-0.4, -0.2) is 33.1 Å². The molecule has 1 saturated carbocycles. The van der Waals surface area contributed by atoms with Gasteiger partial charge in [-0.25, -0.2) is 4.68 Å². The van der Waals surface area contributed by atoms with E-state index in [2.05, 4.69) is 111 Å². The van der Waals surface area contributed by atoms with Gasteiger partial charge >= 0.3 is 0 Å². The van der Waals surface area contributed by atoms with Gasteiger partial charge in [-0.05, 0) is 69.9 Å². The fraction of sp³-hybridized carbons (Fsp3) is 0.379. The van der Waals surface area contributed by atoms with E-state index in [0.717, 1.165) is 64.8 Å². The SMILES string of the molecule is CC(C)(C)CNc1c(C#N)cnc2c(Br)cc(N[C@H](c3cn(C4CC4)nn3)c3cccc4c3CCN4)cc12. The summed E-state index contributed by atoms with van der Waals surface area (Å²) >= 11 is 3.75. The molecule has 1 fully saturated rings. The number of hydrogen-bond donors (Lipinski definition) is 3. The molecule has 3 heterocycles. The predicted molar refractivity (Wildman–Crippen MR) is 154 cm³/mol. The Labute approximate surface area is 231 Å². The summed E-state index contributed by atoms with van der Waals surface area (Å²) in [6.07, 6.45) is 7.00. The summed E-state index contributed by atoms with van der Waals surface area (Å²) in [5, 5.41) is 30.6. The molecule has 2 aromatic carbocycles. The standard InChI is InChI=1S/C29H31BrN8/c1-29(2,3)16-34-26-17(13-31)14-33-27-22(26)11-18(12-23(27)30)35-28(25-15-38(37-36-25)19-7-8-19)21-5-4-6-24-20(21)9-10-32-24/h4-6,11-12,14-15,19,28,32,35H,7-10,16H2,1-3H3,(H,33,34)/t28-/m0/s1. The third-order valence-electron chi connectivity index (χ3n) is 7.11. The highest BCUT2D eigenvalue weighted by Gasteiger charge is 2.29. The minimum atomic E-state index is -0.181. The molecular formula is C29H31BrN8. The Hall–Kier alpha value is -3.64. The Bertz CT molecular complexity index is 1560. The number of anilines is 3. The normalized spacial score (nSPS) is 15.6. The van der Waals surface area contributed by atoms with Gasteiger partial charge in [0.2, 0.25) is 0 Å². The second kappa shape index (κ2) is 9.59. The van der Waals surface area contributed by atoms with Crippen molar-refractivity contribution in [2.24, 2.45) is 5.41 Å². The molecule has 38 heavy (non-hydrogen) atoms. The predicted octanol–water partition coefficient (Wildman–Crippen LogP) is 6.42. The van der Waals surface area contributed by atoms with Crippen LogP contribution in [-0.2, 0) is 6.42 Å². The third kappa shape index (κ3) is 4.81. The molecule has 8 nitrogen and oxygen atoms in total.